The molecule has 1 aromatic rings. The van der Waals surface area contributed by atoms with Crippen molar-refractivity contribution in [1.82, 2.24) is 0 Å². The Morgan fingerprint density at radius 2 is 2.00 bits per heavy atom. The minimum atomic E-state index is -0.479. The third kappa shape index (κ3) is 2.82. The molecule has 1 amide bonds. The van der Waals surface area contributed by atoms with Crippen molar-refractivity contribution < 1.29 is 14.3 Å². The second-order valence-electron chi connectivity index (χ2n) is 3.32. The van der Waals surface area contributed by atoms with E-state index in [9.17, 15) is 9.59 Å². The van der Waals surface area contributed by atoms with E-state index >= 15 is 0 Å². The molecule has 5 heteroatoms. The summed E-state index contributed by atoms with van der Waals surface area (Å²) in [5.74, 6) is -0.705. The Morgan fingerprint density at radius 1 is 1.38 bits per heavy atom. The molecule has 1 aromatic carbocycles. The highest BCUT2D eigenvalue weighted by Crippen LogP contribution is 2.26. The van der Waals surface area contributed by atoms with Crippen LogP contribution >= 0.6 is 15.9 Å². The summed E-state index contributed by atoms with van der Waals surface area (Å²) >= 11 is 3.29. The molecule has 0 aliphatic heterocycles. The van der Waals surface area contributed by atoms with Crippen LogP contribution in [0.5, 0.6) is 0 Å². The molecule has 1 rings (SSSR count). The number of carbonyl (C=O) groups excluding carboxylic acids is 2. The fourth-order valence-electron chi connectivity index (χ4n) is 1.36. The van der Waals surface area contributed by atoms with Crippen LogP contribution in [0.3, 0.4) is 0 Å². The van der Waals surface area contributed by atoms with E-state index in [4.69, 9.17) is 0 Å². The second-order valence-corrected chi connectivity index (χ2v) is 4.23. The van der Waals surface area contributed by atoms with Crippen LogP contribution in [0.2, 0.25) is 0 Å². The van der Waals surface area contributed by atoms with Crippen molar-refractivity contribution in [2.24, 2.45) is 0 Å². The predicted molar refractivity (Wildman–Crippen MR) is 64.5 cm³/mol. The molecule has 86 valence electrons. The van der Waals surface area contributed by atoms with Gasteiger partial charge in [-0.1, -0.05) is 15.9 Å². The summed E-state index contributed by atoms with van der Waals surface area (Å²) in [5.41, 5.74) is 1.62. The number of hydrogen-bond acceptors (Lipinski definition) is 3. The standard InChI is InChI=1S/C11H12BrNO3/c1-6-4-8(12)5-9(11(15)16-3)10(6)13-7(2)14/h4-5H,1-3H3,(H,13,14). The smallest absolute Gasteiger partial charge is 0.340 e. The van der Waals surface area contributed by atoms with Crippen LogP contribution in [0.4, 0.5) is 5.69 Å². The third-order valence-electron chi connectivity index (χ3n) is 2.01. The summed E-state index contributed by atoms with van der Waals surface area (Å²) in [5, 5.41) is 2.62. The molecular formula is C11H12BrNO3. The zero-order valence-electron chi connectivity index (χ0n) is 9.26. The molecule has 0 bridgehead atoms. The lowest BCUT2D eigenvalue weighted by molar-refractivity contribution is -0.114. The van der Waals surface area contributed by atoms with Gasteiger partial charge in [-0.15, -0.1) is 0 Å². The molecule has 16 heavy (non-hydrogen) atoms. The van der Waals surface area contributed by atoms with Gasteiger partial charge in [0.15, 0.2) is 0 Å². The Labute approximate surface area is 102 Å². The minimum absolute atomic E-state index is 0.226. The van der Waals surface area contributed by atoms with E-state index in [-0.39, 0.29) is 5.91 Å². The van der Waals surface area contributed by atoms with Crippen molar-refractivity contribution in [1.29, 1.82) is 0 Å². The van der Waals surface area contributed by atoms with Gasteiger partial charge in [-0.2, -0.15) is 0 Å². The first-order valence-electron chi connectivity index (χ1n) is 4.61. The first-order valence-corrected chi connectivity index (χ1v) is 5.41. The van der Waals surface area contributed by atoms with Crippen LogP contribution in [-0.2, 0) is 9.53 Å². The summed E-state index contributed by atoms with van der Waals surface area (Å²) in [7, 11) is 1.30. The van der Waals surface area contributed by atoms with Crippen LogP contribution in [0.25, 0.3) is 0 Å². The van der Waals surface area contributed by atoms with Crippen molar-refractivity contribution in [3.8, 4) is 0 Å². The van der Waals surface area contributed by atoms with Crippen LogP contribution in [0.1, 0.15) is 22.8 Å². The predicted octanol–water partition coefficient (Wildman–Crippen LogP) is 2.50. The molecule has 0 aromatic heterocycles. The van der Waals surface area contributed by atoms with Crippen LogP contribution < -0.4 is 5.32 Å². The van der Waals surface area contributed by atoms with Crippen molar-refractivity contribution in [2.45, 2.75) is 13.8 Å². The van der Waals surface area contributed by atoms with E-state index in [1.807, 2.05) is 13.0 Å². The van der Waals surface area contributed by atoms with Crippen LogP contribution in [0, 0.1) is 6.92 Å². The summed E-state index contributed by atoms with van der Waals surface area (Å²) in [6.07, 6.45) is 0. The normalized spacial score (nSPS) is 9.75. The highest BCUT2D eigenvalue weighted by Gasteiger charge is 2.15. The highest BCUT2D eigenvalue weighted by atomic mass is 79.9. The summed E-state index contributed by atoms with van der Waals surface area (Å²) in [6.45, 7) is 3.20. The number of rotatable bonds is 2. The van der Waals surface area contributed by atoms with E-state index in [1.165, 1.54) is 14.0 Å². The van der Waals surface area contributed by atoms with Gasteiger partial charge in [0, 0.05) is 11.4 Å². The number of esters is 1. The molecule has 4 nitrogen and oxygen atoms in total. The fourth-order valence-corrected chi connectivity index (χ4v) is 1.93. The minimum Gasteiger partial charge on any atom is -0.465 e. The number of aryl methyl sites for hydroxylation is 1. The summed E-state index contributed by atoms with van der Waals surface area (Å²) in [4.78, 5) is 22.6. The number of nitrogens with one attached hydrogen (secondary N) is 1. The molecule has 0 unspecified atom stereocenters. The average molecular weight is 286 g/mol. The number of methoxy groups -OCH3 is 1. The first kappa shape index (κ1) is 12.7. The molecule has 0 atom stereocenters. The number of hydrogen-bond donors (Lipinski definition) is 1. The van der Waals surface area contributed by atoms with Crippen molar-refractivity contribution in [3.05, 3.63) is 27.7 Å². The maximum Gasteiger partial charge on any atom is 0.340 e. The number of ether oxygens (including phenoxy) is 1. The number of carbonyl (C=O) groups is 2. The Hall–Kier alpha value is -1.36. The summed E-state index contributed by atoms with van der Waals surface area (Å²) < 4.78 is 5.42. The second kappa shape index (κ2) is 5.12. The Morgan fingerprint density at radius 3 is 2.50 bits per heavy atom. The van der Waals surface area contributed by atoms with Crippen LogP contribution in [0.15, 0.2) is 16.6 Å². The molecule has 0 aliphatic rings. The lowest BCUT2D eigenvalue weighted by atomic mass is 10.1. The maximum atomic E-state index is 11.5. The molecule has 0 saturated carbocycles. The van der Waals surface area contributed by atoms with Gasteiger partial charge in [-0.25, -0.2) is 4.79 Å². The van der Waals surface area contributed by atoms with E-state index in [2.05, 4.69) is 26.0 Å². The molecular weight excluding hydrogens is 274 g/mol. The first-order chi connectivity index (χ1) is 7.45. The Kier molecular flexibility index (Phi) is 4.06. The summed E-state index contributed by atoms with van der Waals surface area (Å²) in [6, 6.07) is 3.43. The van der Waals surface area contributed by atoms with Crippen molar-refractivity contribution in [2.75, 3.05) is 12.4 Å². The molecule has 0 spiro atoms. The molecule has 1 N–H and O–H groups in total. The zero-order chi connectivity index (χ0) is 12.3. The van der Waals surface area contributed by atoms with E-state index in [0.717, 1.165) is 10.0 Å². The van der Waals surface area contributed by atoms with Gasteiger partial charge in [0.2, 0.25) is 5.91 Å². The zero-order valence-corrected chi connectivity index (χ0v) is 10.8. The molecule has 0 aliphatic carbocycles. The number of amides is 1. The molecule has 0 fully saturated rings. The topological polar surface area (TPSA) is 55.4 Å². The lowest BCUT2D eigenvalue weighted by Gasteiger charge is -2.12. The van der Waals surface area contributed by atoms with Gasteiger partial charge in [0.1, 0.15) is 0 Å². The van der Waals surface area contributed by atoms with Gasteiger partial charge in [-0.3, -0.25) is 4.79 Å². The third-order valence-corrected chi connectivity index (χ3v) is 2.46. The van der Waals surface area contributed by atoms with Gasteiger partial charge in [0.05, 0.1) is 18.4 Å². The van der Waals surface area contributed by atoms with Crippen LogP contribution in [-0.4, -0.2) is 19.0 Å². The average Bonchev–Trinajstić information content (AvgIpc) is 2.20. The Balaban J connectivity index is 3.31. The Bertz CT molecular complexity index is 443. The molecule has 0 radical (unpaired) electrons. The number of benzene rings is 1. The number of anilines is 1. The van der Waals surface area contributed by atoms with E-state index in [0.29, 0.717) is 11.3 Å². The fraction of sp³-hybridized carbons (Fsp3) is 0.273. The van der Waals surface area contributed by atoms with Gasteiger partial charge in [0.25, 0.3) is 0 Å². The molecule has 0 heterocycles. The van der Waals surface area contributed by atoms with E-state index < -0.39 is 5.97 Å². The van der Waals surface area contributed by atoms with Gasteiger partial charge >= 0.3 is 5.97 Å². The molecule has 0 saturated heterocycles. The van der Waals surface area contributed by atoms with E-state index in [1.54, 1.807) is 6.07 Å². The lowest BCUT2D eigenvalue weighted by Crippen LogP contribution is -2.13. The monoisotopic (exact) mass is 285 g/mol. The van der Waals surface area contributed by atoms with Gasteiger partial charge < -0.3 is 10.1 Å². The highest BCUT2D eigenvalue weighted by molar-refractivity contribution is 9.10. The SMILES string of the molecule is COC(=O)c1cc(Br)cc(C)c1NC(C)=O. The quantitative estimate of drug-likeness (QED) is 0.850. The number of halogens is 1. The largest absolute Gasteiger partial charge is 0.465 e. The van der Waals surface area contributed by atoms with Crippen molar-refractivity contribution in [3.63, 3.8) is 0 Å². The van der Waals surface area contributed by atoms with Gasteiger partial charge in [-0.05, 0) is 24.6 Å². The van der Waals surface area contributed by atoms with Crippen molar-refractivity contribution >= 4 is 33.5 Å². The maximum absolute atomic E-state index is 11.5.